The third-order valence-electron chi connectivity index (χ3n) is 4.13. The van der Waals surface area contributed by atoms with Crippen molar-refractivity contribution in [3.63, 3.8) is 0 Å². The van der Waals surface area contributed by atoms with Crippen LogP contribution in [0.15, 0.2) is 42.0 Å². The third-order valence-corrected chi connectivity index (χ3v) is 4.13. The van der Waals surface area contributed by atoms with E-state index in [1.54, 1.807) is 19.1 Å². The first kappa shape index (κ1) is 24.9. The molecule has 1 unspecified atom stereocenters. The number of nitriles is 3. The Morgan fingerprint density at radius 1 is 1.16 bits per heavy atom. The summed E-state index contributed by atoms with van der Waals surface area (Å²) >= 11 is 0. The molecule has 160 valence electrons. The Balaban J connectivity index is 2.81. The van der Waals surface area contributed by atoms with E-state index in [9.17, 15) is 14.9 Å². The summed E-state index contributed by atoms with van der Waals surface area (Å²) in [6, 6.07) is 13.2. The molecule has 0 fully saturated rings. The van der Waals surface area contributed by atoms with Crippen molar-refractivity contribution < 1.29 is 14.3 Å². The Kier molecular flexibility index (Phi) is 10.6. The van der Waals surface area contributed by atoms with E-state index in [2.05, 4.69) is 24.0 Å². The molecule has 0 saturated heterocycles. The number of ether oxygens (including phenoxy) is 1. The molecule has 0 saturated carbocycles. The Morgan fingerprint density at radius 2 is 1.74 bits per heavy atom. The lowest BCUT2D eigenvalue weighted by Gasteiger charge is -2.22. The summed E-state index contributed by atoms with van der Waals surface area (Å²) < 4.78 is 5.08. The zero-order chi connectivity index (χ0) is 23.2. The minimum Gasteiger partial charge on any atom is -0.457 e. The minimum atomic E-state index is -0.575. The van der Waals surface area contributed by atoms with Crippen molar-refractivity contribution >= 4 is 23.6 Å². The van der Waals surface area contributed by atoms with E-state index in [-0.39, 0.29) is 17.7 Å². The molecule has 0 aromatic heterocycles. The molecule has 1 aromatic rings. The molecule has 0 aliphatic rings. The Labute approximate surface area is 182 Å². The maximum absolute atomic E-state index is 12.3. The van der Waals surface area contributed by atoms with Gasteiger partial charge in [0.1, 0.15) is 17.7 Å². The molecule has 0 bridgehead atoms. The molecule has 0 aliphatic carbocycles. The minimum absolute atomic E-state index is 0.0581. The zero-order valence-electron chi connectivity index (χ0n) is 17.7. The van der Waals surface area contributed by atoms with Gasteiger partial charge in [0.15, 0.2) is 0 Å². The molecule has 1 rings (SSSR count). The lowest BCUT2D eigenvalue weighted by atomic mass is 10.1. The fourth-order valence-electron chi connectivity index (χ4n) is 2.49. The molecule has 1 aromatic carbocycles. The van der Waals surface area contributed by atoms with Crippen LogP contribution >= 0.6 is 0 Å². The predicted octanol–water partition coefficient (Wildman–Crippen LogP) is 2.85. The van der Waals surface area contributed by atoms with E-state index in [0.29, 0.717) is 31.5 Å². The van der Waals surface area contributed by atoms with Crippen LogP contribution in [-0.2, 0) is 14.3 Å². The van der Waals surface area contributed by atoms with Gasteiger partial charge in [0.05, 0.1) is 31.5 Å². The molecule has 1 N–H and O–H groups in total. The number of nitrogens with zero attached hydrogens (tertiary/aromatic N) is 4. The maximum atomic E-state index is 12.3. The first-order valence-corrected chi connectivity index (χ1v) is 9.67. The van der Waals surface area contributed by atoms with Crippen LogP contribution in [0.2, 0.25) is 0 Å². The second kappa shape index (κ2) is 13.2. The van der Waals surface area contributed by atoms with E-state index in [4.69, 9.17) is 15.3 Å². The van der Waals surface area contributed by atoms with Gasteiger partial charge in [0.25, 0.3) is 5.91 Å². The van der Waals surface area contributed by atoms with Gasteiger partial charge in [-0.05, 0) is 37.6 Å². The number of esters is 1. The number of carbonyl (C=O) groups excluding carboxylic acids is 2. The molecule has 8 nitrogen and oxygen atoms in total. The molecule has 1 amide bonds. The fraction of sp³-hybridized carbons (Fsp3) is 0.348. The molecule has 1 atom stereocenters. The molecule has 31 heavy (non-hydrogen) atoms. The van der Waals surface area contributed by atoms with Crippen LogP contribution in [0.1, 0.15) is 32.3 Å². The van der Waals surface area contributed by atoms with Crippen LogP contribution in [0.4, 0.5) is 5.69 Å². The highest BCUT2D eigenvalue weighted by molar-refractivity contribution is 6.01. The summed E-state index contributed by atoms with van der Waals surface area (Å²) in [6.45, 7) is 7.72. The third kappa shape index (κ3) is 8.85. The van der Waals surface area contributed by atoms with Gasteiger partial charge < -0.3 is 15.0 Å². The van der Waals surface area contributed by atoms with Crippen LogP contribution < -0.4 is 10.2 Å². The van der Waals surface area contributed by atoms with Gasteiger partial charge in [-0.3, -0.25) is 4.79 Å². The van der Waals surface area contributed by atoms with Gasteiger partial charge in [0.2, 0.25) is 0 Å². The molecular weight excluding hydrogens is 394 g/mol. The number of nitrogens with one attached hydrogen (secondary N) is 1. The van der Waals surface area contributed by atoms with Gasteiger partial charge in [-0.2, -0.15) is 15.8 Å². The highest BCUT2D eigenvalue weighted by Crippen LogP contribution is 2.18. The summed E-state index contributed by atoms with van der Waals surface area (Å²) in [4.78, 5) is 25.7. The Bertz CT molecular complexity index is 927. The molecule has 0 heterocycles. The van der Waals surface area contributed by atoms with E-state index >= 15 is 0 Å². The van der Waals surface area contributed by atoms with Crippen LogP contribution in [0.3, 0.4) is 0 Å². The largest absolute Gasteiger partial charge is 0.457 e. The highest BCUT2D eigenvalue weighted by Gasteiger charge is 2.14. The van der Waals surface area contributed by atoms with Gasteiger partial charge in [0, 0.05) is 24.4 Å². The first-order chi connectivity index (χ1) is 14.8. The van der Waals surface area contributed by atoms with Crippen molar-refractivity contribution in [2.45, 2.75) is 32.8 Å². The van der Waals surface area contributed by atoms with Gasteiger partial charge >= 0.3 is 5.97 Å². The highest BCUT2D eigenvalue weighted by atomic mass is 16.5. The average Bonchev–Trinajstić information content (AvgIpc) is 2.76. The quantitative estimate of drug-likeness (QED) is 0.331. The van der Waals surface area contributed by atoms with Crippen molar-refractivity contribution in [3.05, 3.63) is 47.6 Å². The van der Waals surface area contributed by atoms with Crippen LogP contribution in [0, 0.1) is 34.0 Å². The molecule has 0 aliphatic heterocycles. The number of benzene rings is 1. The summed E-state index contributed by atoms with van der Waals surface area (Å²) in [5, 5.41) is 29.5. The van der Waals surface area contributed by atoms with Crippen LogP contribution in [-0.4, -0.2) is 37.6 Å². The van der Waals surface area contributed by atoms with Crippen LogP contribution in [0.25, 0.3) is 6.08 Å². The number of hydrogen-bond donors (Lipinski definition) is 1. The number of anilines is 1. The smallest absolute Gasteiger partial charge is 0.333 e. The van der Waals surface area contributed by atoms with Crippen molar-refractivity contribution in [2.24, 2.45) is 0 Å². The Morgan fingerprint density at radius 3 is 2.23 bits per heavy atom. The monoisotopic (exact) mass is 419 g/mol. The summed E-state index contributed by atoms with van der Waals surface area (Å²) in [5.41, 5.74) is 1.67. The lowest BCUT2D eigenvalue weighted by Crippen LogP contribution is -2.34. The SMILES string of the molecule is C=C(C)C(=O)OC(C)CNC(=O)C(C#N)=Cc1ccc(N(CCC#N)CCC#N)cc1. The van der Waals surface area contributed by atoms with E-state index < -0.39 is 18.0 Å². The molecule has 0 spiro atoms. The van der Waals surface area contributed by atoms with E-state index in [1.165, 1.54) is 13.0 Å². The molecular formula is C23H25N5O3. The Hall–Kier alpha value is -4.09. The van der Waals surface area contributed by atoms with Crippen molar-refractivity contribution in [3.8, 4) is 18.2 Å². The van der Waals surface area contributed by atoms with Gasteiger partial charge in [-0.15, -0.1) is 0 Å². The summed E-state index contributed by atoms with van der Waals surface area (Å²) in [6.07, 6.45) is 1.57. The number of rotatable bonds is 11. The van der Waals surface area contributed by atoms with Crippen molar-refractivity contribution in [1.82, 2.24) is 5.32 Å². The summed E-state index contributed by atoms with van der Waals surface area (Å²) in [5.74, 6) is -1.12. The van der Waals surface area contributed by atoms with Crippen molar-refractivity contribution in [1.29, 1.82) is 15.8 Å². The standard InChI is InChI=1S/C23H25N5O3/c1-17(2)23(30)31-18(3)16-27-22(29)20(15-26)14-19-6-8-21(9-7-19)28(12-4-10-24)13-5-11-25/h6-9,14,18H,1,4-5,12-13,16H2,2-3H3,(H,27,29). The van der Waals surface area contributed by atoms with Crippen molar-refractivity contribution in [2.75, 3.05) is 24.5 Å². The second-order valence-electron chi connectivity index (χ2n) is 6.77. The maximum Gasteiger partial charge on any atom is 0.333 e. The zero-order valence-corrected chi connectivity index (χ0v) is 17.7. The predicted molar refractivity (Wildman–Crippen MR) is 116 cm³/mol. The van der Waals surface area contributed by atoms with Gasteiger partial charge in [-0.1, -0.05) is 18.7 Å². The second-order valence-corrected chi connectivity index (χ2v) is 6.77. The average molecular weight is 419 g/mol. The number of amides is 1. The topological polar surface area (TPSA) is 130 Å². The van der Waals surface area contributed by atoms with E-state index in [1.807, 2.05) is 23.1 Å². The van der Waals surface area contributed by atoms with E-state index in [0.717, 1.165) is 5.69 Å². The van der Waals surface area contributed by atoms with Gasteiger partial charge in [-0.25, -0.2) is 4.79 Å². The molecule has 0 radical (unpaired) electrons. The number of carbonyl (C=O) groups is 2. The first-order valence-electron chi connectivity index (χ1n) is 9.67. The molecule has 8 heteroatoms. The van der Waals surface area contributed by atoms with Crippen LogP contribution in [0.5, 0.6) is 0 Å². The normalized spacial score (nSPS) is 11.3. The number of hydrogen-bond acceptors (Lipinski definition) is 7. The lowest BCUT2D eigenvalue weighted by molar-refractivity contribution is -0.143. The summed E-state index contributed by atoms with van der Waals surface area (Å²) in [7, 11) is 0. The fourth-order valence-corrected chi connectivity index (χ4v) is 2.49.